The summed E-state index contributed by atoms with van der Waals surface area (Å²) in [5.74, 6) is 0.808. The van der Waals surface area contributed by atoms with E-state index in [0.29, 0.717) is 0 Å². The first kappa shape index (κ1) is 32.6. The zero-order valence-electron chi connectivity index (χ0n) is 26.9. The van der Waals surface area contributed by atoms with E-state index in [4.69, 9.17) is 9.40 Å². The van der Waals surface area contributed by atoms with E-state index >= 15 is 0 Å². The van der Waals surface area contributed by atoms with Crippen molar-refractivity contribution >= 4 is 22.0 Å². The molecule has 4 aromatic heterocycles. The second-order valence-corrected chi connectivity index (χ2v) is 11.6. The minimum absolute atomic E-state index is 0. The van der Waals surface area contributed by atoms with Crippen LogP contribution in [-0.4, -0.2) is 19.5 Å². The minimum atomic E-state index is 0. The van der Waals surface area contributed by atoms with Gasteiger partial charge in [0, 0.05) is 62.1 Å². The van der Waals surface area contributed by atoms with Gasteiger partial charge in [-0.3, -0.25) is 9.97 Å². The van der Waals surface area contributed by atoms with Gasteiger partial charge in [-0.05, 0) is 59.3 Å². The predicted octanol–water partition coefficient (Wildman–Crippen LogP) is 10.4. The fourth-order valence-electron chi connectivity index (χ4n) is 5.97. The summed E-state index contributed by atoms with van der Waals surface area (Å²) < 4.78 is 8.07. The van der Waals surface area contributed by atoms with Gasteiger partial charge in [0.2, 0.25) is 0 Å². The number of rotatable bonds is 6. The van der Waals surface area contributed by atoms with Gasteiger partial charge in [0.05, 0.1) is 16.9 Å². The molecule has 0 atom stereocenters. The third-order valence-electron chi connectivity index (χ3n) is 8.35. The van der Waals surface area contributed by atoms with Crippen molar-refractivity contribution in [2.24, 2.45) is 0 Å². The largest absolute Gasteiger partial charge is 0.557 e. The molecule has 0 aliphatic heterocycles. The molecular formula is C44H30IrN4O-2. The standard InChI is InChI=1S/C33H22N3O.C11H8N.Ir/c1-2-8-24(9-3-1)25-14-16-27(17-15-25)36-31-12-5-4-11-30(31)35-33(36)29-22-37-32-18-13-23(21-28(29)32)20-26-10-6-7-19-34-26;1-2-6-10(7-3-1)11-8-4-5-9-12-11;/h1-19,21H,20H2;1-6,8-9H;/q2*-1;. The van der Waals surface area contributed by atoms with Crippen molar-refractivity contribution in [2.75, 3.05) is 0 Å². The SMILES string of the molecule is [Ir].[c-]1ccccc1-c1ccccn1.[c-]1oc2ccc(Cc3ccccn3)cc2c1-c1nc2ccccc2n1-c1ccc(-c2ccccc2)cc1. The molecule has 1 radical (unpaired) electrons. The van der Waals surface area contributed by atoms with Crippen molar-refractivity contribution in [2.45, 2.75) is 6.42 Å². The van der Waals surface area contributed by atoms with Crippen molar-refractivity contribution in [3.05, 3.63) is 194 Å². The van der Waals surface area contributed by atoms with Crippen LogP contribution in [0.2, 0.25) is 0 Å². The number of para-hydroxylation sites is 2. The fourth-order valence-corrected chi connectivity index (χ4v) is 5.97. The number of hydrogen-bond donors (Lipinski definition) is 0. The first-order chi connectivity index (χ1) is 24.3. The maximum Gasteiger partial charge on any atom is 0.0774 e. The molecule has 0 N–H and O–H groups in total. The Hall–Kier alpha value is -5.94. The van der Waals surface area contributed by atoms with Crippen molar-refractivity contribution in [3.63, 3.8) is 0 Å². The fraction of sp³-hybridized carbons (Fsp3) is 0.0227. The van der Waals surface area contributed by atoms with Crippen molar-refractivity contribution in [3.8, 4) is 39.5 Å². The van der Waals surface area contributed by atoms with Gasteiger partial charge in [-0.1, -0.05) is 108 Å². The average molecular weight is 823 g/mol. The molecule has 0 aliphatic rings. The Morgan fingerprint density at radius 1 is 0.640 bits per heavy atom. The molecule has 0 saturated carbocycles. The zero-order valence-corrected chi connectivity index (χ0v) is 29.3. The van der Waals surface area contributed by atoms with E-state index in [-0.39, 0.29) is 20.1 Å². The molecule has 0 spiro atoms. The van der Waals surface area contributed by atoms with E-state index in [9.17, 15) is 0 Å². The van der Waals surface area contributed by atoms with Crippen LogP contribution < -0.4 is 0 Å². The van der Waals surface area contributed by atoms with Crippen LogP contribution in [0.4, 0.5) is 0 Å². The minimum Gasteiger partial charge on any atom is -0.557 e. The molecule has 50 heavy (non-hydrogen) atoms. The van der Waals surface area contributed by atoms with Crippen LogP contribution in [0.5, 0.6) is 0 Å². The maximum atomic E-state index is 5.88. The van der Waals surface area contributed by atoms with Gasteiger partial charge in [-0.2, -0.15) is 0 Å². The Kier molecular flexibility index (Phi) is 9.84. The summed E-state index contributed by atoms with van der Waals surface area (Å²) in [7, 11) is 0. The van der Waals surface area contributed by atoms with Crippen molar-refractivity contribution in [1.29, 1.82) is 0 Å². The summed E-state index contributed by atoms with van der Waals surface area (Å²) in [6, 6.07) is 56.3. The van der Waals surface area contributed by atoms with E-state index in [1.54, 1.807) is 6.20 Å². The second-order valence-electron chi connectivity index (χ2n) is 11.6. The summed E-state index contributed by atoms with van der Waals surface area (Å²) >= 11 is 0. The molecule has 9 aromatic rings. The quantitative estimate of drug-likeness (QED) is 0.157. The average Bonchev–Trinajstić information content (AvgIpc) is 3.78. The first-order valence-corrected chi connectivity index (χ1v) is 16.1. The van der Waals surface area contributed by atoms with Gasteiger partial charge >= 0.3 is 0 Å². The van der Waals surface area contributed by atoms with Crippen LogP contribution in [0.25, 0.3) is 61.5 Å². The Bertz CT molecular complexity index is 2410. The van der Waals surface area contributed by atoms with Gasteiger partial charge < -0.3 is 14.0 Å². The summed E-state index contributed by atoms with van der Waals surface area (Å²) in [6.45, 7) is 0. The topological polar surface area (TPSA) is 56.7 Å². The third-order valence-corrected chi connectivity index (χ3v) is 8.35. The Labute approximate surface area is 304 Å². The molecule has 4 heterocycles. The van der Waals surface area contributed by atoms with Crippen LogP contribution in [0.15, 0.2) is 175 Å². The van der Waals surface area contributed by atoms with Crippen LogP contribution in [-0.2, 0) is 26.5 Å². The van der Waals surface area contributed by atoms with Crippen LogP contribution in [0.1, 0.15) is 11.3 Å². The Morgan fingerprint density at radius 3 is 2.14 bits per heavy atom. The Balaban J connectivity index is 0.000000255. The molecule has 0 unspecified atom stereocenters. The molecule has 0 amide bonds. The number of furan rings is 1. The van der Waals surface area contributed by atoms with Crippen molar-refractivity contribution in [1.82, 2.24) is 19.5 Å². The molecule has 0 saturated heterocycles. The first-order valence-electron chi connectivity index (χ1n) is 16.1. The molecular weight excluding hydrogens is 793 g/mol. The van der Waals surface area contributed by atoms with Gasteiger partial charge in [-0.25, -0.2) is 0 Å². The zero-order chi connectivity index (χ0) is 32.8. The smallest absolute Gasteiger partial charge is 0.0774 e. The van der Waals surface area contributed by atoms with Crippen LogP contribution in [0, 0.1) is 12.3 Å². The molecule has 0 fully saturated rings. The number of hydrogen-bond acceptors (Lipinski definition) is 4. The van der Waals surface area contributed by atoms with Gasteiger partial charge in [-0.15, -0.1) is 35.9 Å². The predicted molar refractivity (Wildman–Crippen MR) is 196 cm³/mol. The van der Waals surface area contributed by atoms with E-state index < -0.39 is 0 Å². The molecule has 6 heteroatoms. The molecule has 5 nitrogen and oxygen atoms in total. The Morgan fingerprint density at radius 2 is 1.38 bits per heavy atom. The normalized spacial score (nSPS) is 10.7. The summed E-state index contributed by atoms with van der Waals surface area (Å²) in [5, 5.41) is 0.992. The molecule has 9 rings (SSSR count). The van der Waals surface area contributed by atoms with E-state index in [2.05, 4.69) is 93.6 Å². The monoisotopic (exact) mass is 823 g/mol. The van der Waals surface area contributed by atoms with Crippen molar-refractivity contribution < 1.29 is 24.5 Å². The molecule has 0 aliphatic carbocycles. The van der Waals surface area contributed by atoms with Crippen LogP contribution >= 0.6 is 0 Å². The number of aromatic nitrogens is 4. The molecule has 5 aromatic carbocycles. The number of nitrogens with zero attached hydrogens (tertiary/aromatic N) is 4. The number of benzene rings is 5. The van der Waals surface area contributed by atoms with Gasteiger partial charge in [0.1, 0.15) is 0 Å². The van der Waals surface area contributed by atoms with Gasteiger partial charge in [0.15, 0.2) is 0 Å². The number of fused-ring (bicyclic) bond motifs is 2. The second kappa shape index (κ2) is 15.1. The maximum absolute atomic E-state index is 5.88. The van der Waals surface area contributed by atoms with Crippen LogP contribution in [0.3, 0.4) is 0 Å². The van der Waals surface area contributed by atoms with Gasteiger partial charge in [0.25, 0.3) is 0 Å². The van der Waals surface area contributed by atoms with E-state index in [1.165, 1.54) is 11.1 Å². The van der Waals surface area contributed by atoms with E-state index in [0.717, 1.165) is 68.0 Å². The molecule has 243 valence electrons. The summed E-state index contributed by atoms with van der Waals surface area (Å²) in [5.41, 5.74) is 11.2. The number of pyridine rings is 2. The van der Waals surface area contributed by atoms with E-state index in [1.807, 2.05) is 97.2 Å². The number of imidazole rings is 1. The third kappa shape index (κ3) is 6.94. The molecule has 0 bridgehead atoms. The summed E-state index contributed by atoms with van der Waals surface area (Å²) in [6.07, 6.45) is 7.52. The summed E-state index contributed by atoms with van der Waals surface area (Å²) in [4.78, 5) is 13.7.